The molecule has 0 radical (unpaired) electrons. The second kappa shape index (κ2) is 6.57. The highest BCUT2D eigenvalue weighted by Crippen LogP contribution is 2.31. The van der Waals surface area contributed by atoms with Crippen LogP contribution in [0.1, 0.15) is 22.1 Å². The molecule has 0 bridgehead atoms. The Morgan fingerprint density at radius 3 is 2.79 bits per heavy atom. The fourth-order valence-electron chi connectivity index (χ4n) is 3.50. The van der Waals surface area contributed by atoms with Crippen LogP contribution in [0, 0.1) is 18.8 Å². The van der Waals surface area contributed by atoms with Crippen molar-refractivity contribution in [2.24, 2.45) is 11.8 Å². The number of carbonyl (C=O) groups excluding carboxylic acids is 1. The maximum Gasteiger partial charge on any atom is 0.255 e. The van der Waals surface area contributed by atoms with Gasteiger partial charge in [0.25, 0.3) is 5.91 Å². The summed E-state index contributed by atoms with van der Waals surface area (Å²) < 4.78 is 5.15. The van der Waals surface area contributed by atoms with E-state index in [1.54, 1.807) is 18.7 Å². The van der Waals surface area contributed by atoms with Gasteiger partial charge in [-0.2, -0.15) is 4.98 Å². The number of thioether (sulfide) groups is 1. The summed E-state index contributed by atoms with van der Waals surface area (Å²) >= 11 is 1.57. The van der Waals surface area contributed by atoms with Crippen LogP contribution in [0.5, 0.6) is 0 Å². The summed E-state index contributed by atoms with van der Waals surface area (Å²) in [6.45, 7) is 5.58. The van der Waals surface area contributed by atoms with Crippen LogP contribution in [0.25, 0.3) is 0 Å². The Labute approximate surface area is 145 Å². The van der Waals surface area contributed by atoms with Crippen molar-refractivity contribution in [3.05, 3.63) is 41.5 Å². The molecule has 2 aliphatic heterocycles. The van der Waals surface area contributed by atoms with Crippen LogP contribution < -0.4 is 5.32 Å². The topological polar surface area (TPSA) is 71.3 Å². The average Bonchev–Trinajstić information content (AvgIpc) is 3.28. The molecule has 1 N–H and O–H groups in total. The molecule has 0 saturated carbocycles. The predicted octanol–water partition coefficient (Wildman–Crippen LogP) is 1.96. The fraction of sp³-hybridized carbons (Fsp3) is 0.471. The van der Waals surface area contributed by atoms with E-state index < -0.39 is 0 Å². The minimum Gasteiger partial charge on any atom is -0.338 e. The van der Waals surface area contributed by atoms with Gasteiger partial charge in [-0.05, 0) is 30.9 Å². The molecule has 2 fully saturated rings. The van der Waals surface area contributed by atoms with Gasteiger partial charge in [0.15, 0.2) is 5.82 Å². The Bertz CT molecular complexity index is 736. The lowest BCUT2D eigenvalue weighted by molar-refractivity contribution is 0.0778. The van der Waals surface area contributed by atoms with Crippen molar-refractivity contribution in [1.82, 2.24) is 20.4 Å². The molecule has 126 valence electrons. The average molecular weight is 344 g/mol. The zero-order chi connectivity index (χ0) is 16.5. The highest BCUT2D eigenvalue weighted by Gasteiger charge is 2.38. The van der Waals surface area contributed by atoms with E-state index in [4.69, 9.17) is 4.52 Å². The smallest absolute Gasteiger partial charge is 0.255 e. The number of carbonyl (C=O) groups is 1. The summed E-state index contributed by atoms with van der Waals surface area (Å²) in [5.41, 5.74) is 0.770. The summed E-state index contributed by atoms with van der Waals surface area (Å²) in [4.78, 5) is 20.1. The maximum atomic E-state index is 13.0. The fourth-order valence-corrected chi connectivity index (χ4v) is 4.38. The summed E-state index contributed by atoms with van der Waals surface area (Å²) in [6.07, 6.45) is 0. The molecule has 3 heterocycles. The lowest BCUT2D eigenvalue weighted by atomic mass is 10.0. The molecular weight excluding hydrogens is 324 g/mol. The van der Waals surface area contributed by atoms with Crippen molar-refractivity contribution in [2.45, 2.75) is 17.6 Å². The van der Waals surface area contributed by atoms with Crippen LogP contribution >= 0.6 is 11.8 Å². The van der Waals surface area contributed by atoms with E-state index in [0.717, 1.165) is 36.6 Å². The molecule has 2 aliphatic rings. The summed E-state index contributed by atoms with van der Waals surface area (Å²) in [7, 11) is 0. The van der Waals surface area contributed by atoms with Crippen molar-refractivity contribution >= 4 is 17.7 Å². The van der Waals surface area contributed by atoms with Crippen LogP contribution in [0.3, 0.4) is 0 Å². The Kier molecular flexibility index (Phi) is 4.28. The first kappa shape index (κ1) is 15.7. The standard InChI is InChI=1S/C17H20N4O2S/c1-11-19-16(23-20-11)10-24-15-5-3-2-4-14(15)17(22)21-8-12-6-18-7-13(12)9-21/h2-5,12-13,18H,6-10H2,1H3/t12-,13+. The molecule has 6 nitrogen and oxygen atoms in total. The van der Waals surface area contributed by atoms with E-state index in [2.05, 4.69) is 15.5 Å². The van der Waals surface area contributed by atoms with Crippen molar-refractivity contribution in [3.8, 4) is 0 Å². The minimum atomic E-state index is 0.134. The summed E-state index contributed by atoms with van der Waals surface area (Å²) in [5, 5.41) is 7.21. The first-order valence-electron chi connectivity index (χ1n) is 8.21. The van der Waals surface area contributed by atoms with Crippen LogP contribution in [0.2, 0.25) is 0 Å². The van der Waals surface area contributed by atoms with Crippen molar-refractivity contribution in [2.75, 3.05) is 26.2 Å². The molecule has 1 aromatic carbocycles. The Balaban J connectivity index is 1.47. The lowest BCUT2D eigenvalue weighted by Crippen LogP contribution is -2.32. The number of aryl methyl sites for hydroxylation is 1. The molecule has 0 unspecified atom stereocenters. The monoisotopic (exact) mass is 344 g/mol. The number of hydrogen-bond donors (Lipinski definition) is 1. The van der Waals surface area contributed by atoms with Crippen molar-refractivity contribution in [3.63, 3.8) is 0 Å². The van der Waals surface area contributed by atoms with Gasteiger partial charge in [-0.3, -0.25) is 4.79 Å². The summed E-state index contributed by atoms with van der Waals surface area (Å²) in [6, 6.07) is 7.78. The molecule has 2 saturated heterocycles. The van der Waals surface area contributed by atoms with E-state index in [0.29, 0.717) is 29.3 Å². The zero-order valence-corrected chi connectivity index (χ0v) is 14.4. The highest BCUT2D eigenvalue weighted by atomic mass is 32.2. The van der Waals surface area contributed by atoms with Gasteiger partial charge in [0.05, 0.1) is 11.3 Å². The number of likely N-dealkylation sites (tertiary alicyclic amines) is 1. The van der Waals surface area contributed by atoms with Crippen molar-refractivity contribution in [1.29, 1.82) is 0 Å². The number of amides is 1. The van der Waals surface area contributed by atoms with Gasteiger partial charge < -0.3 is 14.7 Å². The number of aromatic nitrogens is 2. The maximum absolute atomic E-state index is 13.0. The Morgan fingerprint density at radius 2 is 2.08 bits per heavy atom. The van der Waals surface area contributed by atoms with Gasteiger partial charge in [-0.1, -0.05) is 17.3 Å². The first-order valence-corrected chi connectivity index (χ1v) is 9.20. The van der Waals surface area contributed by atoms with Gasteiger partial charge in [0, 0.05) is 31.1 Å². The molecule has 1 amide bonds. The third-order valence-electron chi connectivity index (χ3n) is 4.71. The van der Waals surface area contributed by atoms with Gasteiger partial charge in [-0.15, -0.1) is 11.8 Å². The lowest BCUT2D eigenvalue weighted by Gasteiger charge is -2.19. The molecular formula is C17H20N4O2S. The minimum absolute atomic E-state index is 0.134. The molecule has 0 aliphatic carbocycles. The highest BCUT2D eigenvalue weighted by molar-refractivity contribution is 7.98. The van der Waals surface area contributed by atoms with Crippen LogP contribution in [0.15, 0.2) is 33.7 Å². The van der Waals surface area contributed by atoms with Crippen LogP contribution in [-0.4, -0.2) is 47.1 Å². The zero-order valence-electron chi connectivity index (χ0n) is 13.6. The number of nitrogens with one attached hydrogen (secondary N) is 1. The Hall–Kier alpha value is -1.86. The number of benzene rings is 1. The van der Waals surface area contributed by atoms with E-state index in [-0.39, 0.29) is 5.91 Å². The third-order valence-corrected chi connectivity index (χ3v) is 5.77. The quantitative estimate of drug-likeness (QED) is 0.855. The van der Waals surface area contributed by atoms with Gasteiger partial charge in [-0.25, -0.2) is 0 Å². The van der Waals surface area contributed by atoms with Crippen LogP contribution in [0.4, 0.5) is 0 Å². The van der Waals surface area contributed by atoms with Gasteiger partial charge in [0.1, 0.15) is 0 Å². The normalized spacial score (nSPS) is 22.8. The molecule has 2 aromatic rings. The van der Waals surface area contributed by atoms with E-state index in [9.17, 15) is 4.79 Å². The Morgan fingerprint density at radius 1 is 1.33 bits per heavy atom. The van der Waals surface area contributed by atoms with Crippen LogP contribution in [-0.2, 0) is 5.75 Å². The number of hydrogen-bond acceptors (Lipinski definition) is 6. The second-order valence-electron chi connectivity index (χ2n) is 6.41. The first-order chi connectivity index (χ1) is 11.7. The number of rotatable bonds is 4. The third kappa shape index (κ3) is 3.06. The van der Waals surface area contributed by atoms with Gasteiger partial charge >= 0.3 is 0 Å². The summed E-state index contributed by atoms with van der Waals surface area (Å²) in [5.74, 6) is 3.13. The molecule has 24 heavy (non-hydrogen) atoms. The number of fused-ring (bicyclic) bond motifs is 1. The molecule has 1 aromatic heterocycles. The molecule has 2 atom stereocenters. The molecule has 7 heteroatoms. The second-order valence-corrected chi connectivity index (χ2v) is 7.43. The SMILES string of the molecule is Cc1noc(CSc2ccccc2C(=O)N2C[C@H]3CNC[C@H]3C2)n1. The predicted molar refractivity (Wildman–Crippen MR) is 90.8 cm³/mol. The molecule has 4 rings (SSSR count). The van der Waals surface area contributed by atoms with Crippen molar-refractivity contribution < 1.29 is 9.32 Å². The largest absolute Gasteiger partial charge is 0.338 e. The number of nitrogens with zero attached hydrogens (tertiary/aromatic N) is 3. The van der Waals surface area contributed by atoms with Gasteiger partial charge in [0.2, 0.25) is 5.89 Å². The van der Waals surface area contributed by atoms with E-state index in [1.807, 2.05) is 29.2 Å². The van der Waals surface area contributed by atoms with E-state index >= 15 is 0 Å². The van der Waals surface area contributed by atoms with E-state index in [1.165, 1.54) is 0 Å². The molecule has 0 spiro atoms.